The second-order valence-corrected chi connectivity index (χ2v) is 6.30. The van der Waals surface area contributed by atoms with Gasteiger partial charge in [-0.15, -0.1) is 6.58 Å². The number of benzene rings is 1. The van der Waals surface area contributed by atoms with E-state index in [2.05, 4.69) is 29.2 Å². The predicted molar refractivity (Wildman–Crippen MR) is 84.9 cm³/mol. The van der Waals surface area contributed by atoms with Gasteiger partial charge in [0.05, 0.1) is 12.0 Å². The Morgan fingerprint density at radius 3 is 2.71 bits per heavy atom. The van der Waals surface area contributed by atoms with Crippen molar-refractivity contribution in [3.05, 3.63) is 46.1 Å². The Morgan fingerprint density at radius 1 is 1.33 bits per heavy atom. The number of likely N-dealkylation sites (tertiary alicyclic amines) is 1. The number of halogens is 1. The molecule has 0 aromatic heterocycles. The zero-order chi connectivity index (χ0) is 15.1. The van der Waals surface area contributed by atoms with Gasteiger partial charge in [-0.05, 0) is 34.2 Å². The molecule has 2 aliphatic heterocycles. The van der Waals surface area contributed by atoms with Crippen molar-refractivity contribution >= 4 is 34.4 Å². The normalized spacial score (nSPS) is 29.0. The summed E-state index contributed by atoms with van der Waals surface area (Å²) in [5.74, 6) is -0.938. The molecule has 0 bridgehead atoms. The first-order valence-electron chi connectivity index (χ1n) is 6.66. The first-order valence-corrected chi connectivity index (χ1v) is 7.74. The fourth-order valence-corrected chi connectivity index (χ4v) is 3.66. The Bertz CT molecular complexity index is 619. The highest BCUT2D eigenvalue weighted by molar-refractivity contribution is 14.1. The molecular weight excluding hydrogens is 383 g/mol. The lowest BCUT2D eigenvalue weighted by molar-refractivity contribution is -0.174. The fourth-order valence-electron chi connectivity index (χ4n) is 2.96. The van der Waals surface area contributed by atoms with Gasteiger partial charge in [0.2, 0.25) is 5.91 Å². The third kappa shape index (κ3) is 2.21. The van der Waals surface area contributed by atoms with Gasteiger partial charge in [0, 0.05) is 17.2 Å². The highest BCUT2D eigenvalue weighted by atomic mass is 127. The average Bonchev–Trinajstić information content (AvgIpc) is 2.93. The third-order valence-corrected chi connectivity index (χ3v) is 4.93. The van der Waals surface area contributed by atoms with Crippen LogP contribution < -0.4 is 0 Å². The second kappa shape index (κ2) is 5.51. The molecule has 5 nitrogen and oxygen atoms in total. The third-order valence-electron chi connectivity index (χ3n) is 3.95. The number of hydrogen-bond donors (Lipinski definition) is 0. The first-order chi connectivity index (χ1) is 10.1. The summed E-state index contributed by atoms with van der Waals surface area (Å²) < 4.78 is 1.05. The van der Waals surface area contributed by atoms with Crippen LogP contribution in [-0.2, 0) is 14.4 Å². The Kier molecular flexibility index (Phi) is 3.85. The highest BCUT2D eigenvalue weighted by Crippen LogP contribution is 2.44. The summed E-state index contributed by atoms with van der Waals surface area (Å²) in [6.45, 7) is 4.18. The number of rotatable bonds is 3. The van der Waals surface area contributed by atoms with E-state index >= 15 is 0 Å². The standard InChI is InChI=1S/C15H15IN2O3/c1-3-8-18-12(9-6-4-5-7-10(9)16)11-13(21-18)15(20)17(2)14(11)19/h3-7,11-13H,1,8H2,2H3/t11-,12+,13+/m0/s1. The SMILES string of the molecule is C=CCN1O[C@H]2C(=O)N(C)C(=O)[C@H]2[C@H]1c1ccccc1I. The van der Waals surface area contributed by atoms with Crippen LogP contribution in [0, 0.1) is 9.49 Å². The van der Waals surface area contributed by atoms with Crippen LogP contribution in [0.25, 0.3) is 0 Å². The highest BCUT2D eigenvalue weighted by Gasteiger charge is 2.58. The molecule has 2 amide bonds. The number of carbonyl (C=O) groups is 2. The minimum atomic E-state index is -0.719. The fraction of sp³-hybridized carbons (Fsp3) is 0.333. The summed E-state index contributed by atoms with van der Waals surface area (Å²) in [7, 11) is 1.51. The molecule has 1 aromatic rings. The molecule has 0 unspecified atom stereocenters. The lowest BCUT2D eigenvalue weighted by atomic mass is 9.91. The van der Waals surface area contributed by atoms with E-state index < -0.39 is 12.0 Å². The van der Waals surface area contributed by atoms with Gasteiger partial charge < -0.3 is 0 Å². The van der Waals surface area contributed by atoms with Crippen LogP contribution in [0.4, 0.5) is 0 Å². The van der Waals surface area contributed by atoms with Crippen molar-refractivity contribution in [2.45, 2.75) is 12.1 Å². The van der Waals surface area contributed by atoms with Gasteiger partial charge in [-0.25, -0.2) is 0 Å². The molecule has 0 saturated carbocycles. The zero-order valence-corrected chi connectivity index (χ0v) is 13.7. The molecule has 21 heavy (non-hydrogen) atoms. The zero-order valence-electron chi connectivity index (χ0n) is 11.5. The minimum absolute atomic E-state index is 0.179. The Labute approximate surface area is 136 Å². The lowest BCUT2D eigenvalue weighted by Gasteiger charge is -2.26. The molecule has 6 heteroatoms. The number of nitrogens with zero attached hydrogens (tertiary/aromatic N) is 2. The van der Waals surface area contributed by atoms with Crippen molar-refractivity contribution < 1.29 is 14.4 Å². The Hall–Kier alpha value is -1.25. The molecular formula is C15H15IN2O3. The molecule has 0 radical (unpaired) electrons. The molecule has 0 spiro atoms. The smallest absolute Gasteiger partial charge is 0.261 e. The number of carbonyl (C=O) groups excluding carboxylic acids is 2. The average molecular weight is 398 g/mol. The Morgan fingerprint density at radius 2 is 2.05 bits per heavy atom. The van der Waals surface area contributed by atoms with Gasteiger partial charge in [-0.3, -0.25) is 19.3 Å². The van der Waals surface area contributed by atoms with Gasteiger partial charge in [-0.1, -0.05) is 24.3 Å². The maximum absolute atomic E-state index is 12.4. The molecule has 110 valence electrons. The molecule has 2 aliphatic rings. The Balaban J connectivity index is 2.06. The number of hydroxylamine groups is 2. The minimum Gasteiger partial charge on any atom is -0.284 e. The molecule has 3 atom stereocenters. The van der Waals surface area contributed by atoms with Crippen molar-refractivity contribution in [3.8, 4) is 0 Å². The van der Waals surface area contributed by atoms with Crippen molar-refractivity contribution in [2.75, 3.05) is 13.6 Å². The largest absolute Gasteiger partial charge is 0.284 e. The van der Waals surface area contributed by atoms with Gasteiger partial charge in [0.25, 0.3) is 5.91 Å². The van der Waals surface area contributed by atoms with E-state index in [-0.39, 0.29) is 17.9 Å². The lowest BCUT2D eigenvalue weighted by Crippen LogP contribution is -2.35. The topological polar surface area (TPSA) is 49.9 Å². The summed E-state index contributed by atoms with van der Waals surface area (Å²) in [6.07, 6.45) is 0.992. The second-order valence-electron chi connectivity index (χ2n) is 5.14. The number of hydrogen-bond acceptors (Lipinski definition) is 4. The maximum Gasteiger partial charge on any atom is 0.261 e. The van der Waals surface area contributed by atoms with Crippen molar-refractivity contribution in [2.24, 2.45) is 5.92 Å². The quantitative estimate of drug-likeness (QED) is 0.443. The molecule has 2 fully saturated rings. The van der Waals surface area contributed by atoms with Gasteiger partial charge >= 0.3 is 0 Å². The number of imide groups is 1. The summed E-state index contributed by atoms with van der Waals surface area (Å²) in [6, 6.07) is 7.58. The summed E-state index contributed by atoms with van der Waals surface area (Å²) in [4.78, 5) is 31.5. The summed E-state index contributed by atoms with van der Waals surface area (Å²) >= 11 is 2.24. The molecule has 2 heterocycles. The van der Waals surface area contributed by atoms with Gasteiger partial charge in [-0.2, -0.15) is 5.06 Å². The molecule has 0 N–H and O–H groups in total. The van der Waals surface area contributed by atoms with E-state index in [1.54, 1.807) is 11.1 Å². The predicted octanol–water partition coefficient (Wildman–Crippen LogP) is 1.75. The van der Waals surface area contributed by atoms with E-state index in [9.17, 15) is 9.59 Å². The van der Waals surface area contributed by atoms with E-state index in [1.807, 2.05) is 24.3 Å². The number of amides is 2. The van der Waals surface area contributed by atoms with Crippen LogP contribution in [0.3, 0.4) is 0 Å². The van der Waals surface area contributed by atoms with Gasteiger partial charge in [0.1, 0.15) is 0 Å². The van der Waals surface area contributed by atoms with Crippen LogP contribution in [-0.4, -0.2) is 41.5 Å². The van der Waals surface area contributed by atoms with Crippen LogP contribution in [0.15, 0.2) is 36.9 Å². The van der Waals surface area contributed by atoms with Crippen molar-refractivity contribution in [1.82, 2.24) is 9.96 Å². The molecule has 2 saturated heterocycles. The van der Waals surface area contributed by atoms with Gasteiger partial charge in [0.15, 0.2) is 6.10 Å². The van der Waals surface area contributed by atoms with E-state index in [0.29, 0.717) is 6.54 Å². The van der Waals surface area contributed by atoms with Crippen molar-refractivity contribution in [3.63, 3.8) is 0 Å². The van der Waals surface area contributed by atoms with Crippen LogP contribution >= 0.6 is 22.6 Å². The van der Waals surface area contributed by atoms with E-state index in [0.717, 1.165) is 9.13 Å². The summed E-state index contributed by atoms with van der Waals surface area (Å²) in [5.41, 5.74) is 1.00. The van der Waals surface area contributed by atoms with Crippen LogP contribution in [0.2, 0.25) is 0 Å². The molecule has 0 aliphatic carbocycles. The van der Waals surface area contributed by atoms with Crippen LogP contribution in [0.1, 0.15) is 11.6 Å². The van der Waals surface area contributed by atoms with Crippen LogP contribution in [0.5, 0.6) is 0 Å². The summed E-state index contributed by atoms with van der Waals surface area (Å²) in [5, 5.41) is 1.70. The molecule has 3 rings (SSSR count). The van der Waals surface area contributed by atoms with E-state index in [4.69, 9.17) is 4.84 Å². The maximum atomic E-state index is 12.4. The molecule has 1 aromatic carbocycles. The monoisotopic (exact) mass is 398 g/mol. The number of likely N-dealkylation sites (N-methyl/N-ethyl adjacent to an activating group) is 1. The number of fused-ring (bicyclic) bond motifs is 1. The van der Waals surface area contributed by atoms with Crippen molar-refractivity contribution in [1.29, 1.82) is 0 Å². The van der Waals surface area contributed by atoms with E-state index in [1.165, 1.54) is 11.9 Å². The first kappa shape index (κ1) is 14.7.